The summed E-state index contributed by atoms with van der Waals surface area (Å²) in [5.74, 6) is -1.06. The van der Waals surface area contributed by atoms with Gasteiger partial charge in [0.05, 0.1) is 21.7 Å². The fourth-order valence-corrected chi connectivity index (χ4v) is 3.00. The smallest absolute Gasteiger partial charge is 0.336 e. The second-order valence-electron chi connectivity index (χ2n) is 5.61. The van der Waals surface area contributed by atoms with Gasteiger partial charge >= 0.3 is 5.97 Å². The van der Waals surface area contributed by atoms with Gasteiger partial charge in [0.15, 0.2) is 0 Å². The standard InChI is InChI=1S/C17H19Cl2NO3/c1-4-9(2)23-17(22)15-10(3)20-14(21)8-12(15)11-6-5-7-13(18)16(11)19/h5-7,9,12H,4,8H2,1-3H3,(H,20,21)/t9-,12+/m1/s1. The molecule has 0 aromatic heterocycles. The molecule has 0 spiro atoms. The molecule has 1 aromatic rings. The molecule has 1 aliphatic rings. The fraction of sp³-hybridized carbons (Fsp3) is 0.412. The Balaban J connectivity index is 2.46. The molecule has 1 N–H and O–H groups in total. The van der Waals surface area contributed by atoms with E-state index in [0.717, 1.165) is 0 Å². The second-order valence-corrected chi connectivity index (χ2v) is 6.40. The predicted octanol–water partition coefficient (Wildman–Crippen LogP) is 4.21. The van der Waals surface area contributed by atoms with Crippen molar-refractivity contribution in [3.8, 4) is 0 Å². The van der Waals surface area contributed by atoms with Gasteiger partial charge in [0.1, 0.15) is 0 Å². The van der Waals surface area contributed by atoms with E-state index >= 15 is 0 Å². The molecule has 124 valence electrons. The number of esters is 1. The molecule has 0 fully saturated rings. The summed E-state index contributed by atoms with van der Waals surface area (Å²) >= 11 is 12.4. The van der Waals surface area contributed by atoms with E-state index in [1.165, 1.54) is 0 Å². The first-order valence-corrected chi connectivity index (χ1v) is 8.26. The Morgan fingerprint density at radius 1 is 1.43 bits per heavy atom. The van der Waals surface area contributed by atoms with Crippen molar-refractivity contribution in [2.75, 3.05) is 0 Å². The topological polar surface area (TPSA) is 55.4 Å². The zero-order valence-corrected chi connectivity index (χ0v) is 14.8. The summed E-state index contributed by atoms with van der Waals surface area (Å²) in [7, 11) is 0. The molecule has 1 aliphatic heterocycles. The number of carbonyl (C=O) groups is 2. The minimum Gasteiger partial charge on any atom is -0.459 e. The number of allylic oxidation sites excluding steroid dienone is 1. The van der Waals surface area contributed by atoms with Crippen molar-refractivity contribution in [1.29, 1.82) is 0 Å². The number of rotatable bonds is 4. The summed E-state index contributed by atoms with van der Waals surface area (Å²) in [4.78, 5) is 24.5. The van der Waals surface area contributed by atoms with Crippen molar-refractivity contribution in [2.24, 2.45) is 0 Å². The number of amides is 1. The normalized spacial score (nSPS) is 19.3. The lowest BCUT2D eigenvalue weighted by atomic mass is 9.84. The minimum absolute atomic E-state index is 0.127. The first-order valence-electron chi connectivity index (χ1n) is 7.50. The zero-order valence-electron chi connectivity index (χ0n) is 13.3. The Labute approximate surface area is 145 Å². The lowest BCUT2D eigenvalue weighted by Gasteiger charge is -2.28. The van der Waals surface area contributed by atoms with E-state index < -0.39 is 11.9 Å². The van der Waals surface area contributed by atoms with Crippen LogP contribution in [0.5, 0.6) is 0 Å². The summed E-state index contributed by atoms with van der Waals surface area (Å²) in [6.45, 7) is 5.46. The summed E-state index contributed by atoms with van der Waals surface area (Å²) < 4.78 is 5.44. The largest absolute Gasteiger partial charge is 0.459 e. The van der Waals surface area contributed by atoms with Crippen LogP contribution in [-0.2, 0) is 14.3 Å². The molecule has 0 bridgehead atoms. The monoisotopic (exact) mass is 355 g/mol. The van der Waals surface area contributed by atoms with Crippen LogP contribution in [0.15, 0.2) is 29.5 Å². The van der Waals surface area contributed by atoms with E-state index in [1.807, 2.05) is 13.8 Å². The Hall–Kier alpha value is -1.52. The Morgan fingerprint density at radius 3 is 2.78 bits per heavy atom. The van der Waals surface area contributed by atoms with Crippen molar-refractivity contribution in [3.05, 3.63) is 45.1 Å². The summed E-state index contributed by atoms with van der Waals surface area (Å²) in [6.07, 6.45) is 0.644. The van der Waals surface area contributed by atoms with Crippen LogP contribution in [0.2, 0.25) is 10.0 Å². The summed E-state index contributed by atoms with van der Waals surface area (Å²) in [6, 6.07) is 5.20. The summed E-state index contributed by atoms with van der Waals surface area (Å²) in [5, 5.41) is 3.45. The van der Waals surface area contributed by atoms with Crippen molar-refractivity contribution in [3.63, 3.8) is 0 Å². The van der Waals surface area contributed by atoms with Gasteiger partial charge in [-0.15, -0.1) is 0 Å². The number of hydrogen-bond acceptors (Lipinski definition) is 3. The number of nitrogens with one attached hydrogen (secondary N) is 1. The maximum Gasteiger partial charge on any atom is 0.336 e. The number of carbonyl (C=O) groups excluding carboxylic acids is 2. The molecule has 1 amide bonds. The maximum atomic E-state index is 12.6. The third-order valence-electron chi connectivity index (χ3n) is 3.93. The van der Waals surface area contributed by atoms with Crippen LogP contribution in [0, 0.1) is 0 Å². The van der Waals surface area contributed by atoms with Crippen LogP contribution in [0.4, 0.5) is 0 Å². The van der Waals surface area contributed by atoms with E-state index in [-0.39, 0.29) is 18.4 Å². The Morgan fingerprint density at radius 2 is 2.13 bits per heavy atom. The molecule has 1 aromatic carbocycles. The highest BCUT2D eigenvalue weighted by Crippen LogP contribution is 2.39. The molecule has 0 radical (unpaired) electrons. The van der Waals surface area contributed by atoms with E-state index in [1.54, 1.807) is 25.1 Å². The minimum atomic E-state index is -0.466. The second kappa shape index (κ2) is 7.37. The van der Waals surface area contributed by atoms with Gasteiger partial charge in [-0.1, -0.05) is 42.3 Å². The molecule has 0 saturated heterocycles. The van der Waals surface area contributed by atoms with E-state index in [9.17, 15) is 9.59 Å². The number of benzene rings is 1. The first-order chi connectivity index (χ1) is 10.8. The van der Waals surface area contributed by atoms with Gasteiger partial charge in [0, 0.05) is 18.0 Å². The molecular formula is C17H19Cl2NO3. The number of ether oxygens (including phenoxy) is 1. The lowest BCUT2D eigenvalue weighted by molar-refractivity contribution is -0.144. The maximum absolute atomic E-state index is 12.6. The molecule has 2 atom stereocenters. The van der Waals surface area contributed by atoms with Gasteiger partial charge < -0.3 is 10.1 Å². The molecule has 2 rings (SSSR count). The van der Waals surface area contributed by atoms with Gasteiger partial charge in [0.25, 0.3) is 0 Å². The SMILES string of the molecule is CC[C@@H](C)OC(=O)C1=C(C)NC(=O)C[C@H]1c1cccc(Cl)c1Cl. The van der Waals surface area contributed by atoms with Crippen molar-refractivity contribution in [2.45, 2.75) is 45.6 Å². The zero-order chi connectivity index (χ0) is 17.1. The van der Waals surface area contributed by atoms with E-state index in [2.05, 4.69) is 5.32 Å². The molecule has 4 nitrogen and oxygen atoms in total. The van der Waals surface area contributed by atoms with Gasteiger partial charge in [-0.25, -0.2) is 4.79 Å². The highest BCUT2D eigenvalue weighted by atomic mass is 35.5. The van der Waals surface area contributed by atoms with Crippen LogP contribution in [0.25, 0.3) is 0 Å². The number of hydrogen-bond donors (Lipinski definition) is 1. The molecule has 23 heavy (non-hydrogen) atoms. The van der Waals surface area contributed by atoms with Crippen molar-refractivity contribution >= 4 is 35.1 Å². The van der Waals surface area contributed by atoms with Crippen LogP contribution in [0.3, 0.4) is 0 Å². The third-order valence-corrected chi connectivity index (χ3v) is 4.76. The predicted molar refractivity (Wildman–Crippen MR) is 90.5 cm³/mol. The van der Waals surface area contributed by atoms with Crippen LogP contribution >= 0.6 is 23.2 Å². The van der Waals surface area contributed by atoms with Crippen molar-refractivity contribution in [1.82, 2.24) is 5.32 Å². The van der Waals surface area contributed by atoms with E-state index in [4.69, 9.17) is 27.9 Å². The highest BCUT2D eigenvalue weighted by Gasteiger charge is 2.34. The molecule has 0 unspecified atom stereocenters. The van der Waals surface area contributed by atoms with Gasteiger partial charge in [-0.05, 0) is 31.9 Å². The third kappa shape index (κ3) is 3.88. The molecule has 0 saturated carbocycles. The number of halogens is 2. The first kappa shape index (κ1) is 17.8. The fourth-order valence-electron chi connectivity index (χ4n) is 2.56. The van der Waals surface area contributed by atoms with Gasteiger partial charge in [-0.2, -0.15) is 0 Å². The lowest BCUT2D eigenvalue weighted by Crippen LogP contribution is -2.35. The molecular weight excluding hydrogens is 337 g/mol. The van der Waals surface area contributed by atoms with Crippen molar-refractivity contribution < 1.29 is 14.3 Å². The summed E-state index contributed by atoms with van der Waals surface area (Å²) in [5.41, 5.74) is 1.58. The average molecular weight is 356 g/mol. The Bertz CT molecular complexity index is 670. The molecule has 6 heteroatoms. The quantitative estimate of drug-likeness (QED) is 0.822. The van der Waals surface area contributed by atoms with Crippen LogP contribution in [-0.4, -0.2) is 18.0 Å². The van der Waals surface area contributed by atoms with Crippen LogP contribution < -0.4 is 5.32 Å². The highest BCUT2D eigenvalue weighted by molar-refractivity contribution is 6.42. The average Bonchev–Trinajstić information content (AvgIpc) is 2.48. The molecule has 1 heterocycles. The van der Waals surface area contributed by atoms with Crippen LogP contribution in [0.1, 0.15) is 45.1 Å². The Kier molecular flexibility index (Phi) is 5.71. The van der Waals surface area contributed by atoms with Gasteiger partial charge in [0.2, 0.25) is 5.91 Å². The van der Waals surface area contributed by atoms with Gasteiger partial charge in [-0.3, -0.25) is 4.79 Å². The molecule has 0 aliphatic carbocycles. The van der Waals surface area contributed by atoms with E-state index in [0.29, 0.717) is 33.3 Å².